The van der Waals surface area contributed by atoms with Crippen LogP contribution in [0.3, 0.4) is 0 Å². The molecule has 3 aliphatic rings. The Labute approximate surface area is 199 Å². The maximum atomic E-state index is 15.1. The van der Waals surface area contributed by atoms with E-state index in [1.54, 1.807) is 12.1 Å². The van der Waals surface area contributed by atoms with E-state index < -0.39 is 0 Å². The van der Waals surface area contributed by atoms with E-state index in [0.717, 1.165) is 36.2 Å². The second kappa shape index (κ2) is 10.3. The minimum Gasteiger partial charge on any atom is -0.207 e. The first-order chi connectivity index (χ1) is 16.1. The Balaban J connectivity index is 1.13. The highest BCUT2D eigenvalue weighted by atomic mass is 19.1. The van der Waals surface area contributed by atoms with E-state index in [9.17, 15) is 4.39 Å². The van der Waals surface area contributed by atoms with Gasteiger partial charge in [-0.2, -0.15) is 0 Å². The molecule has 2 heteroatoms. The van der Waals surface area contributed by atoms with Crippen molar-refractivity contribution in [3.63, 3.8) is 0 Å². The SMILES string of the molecule is CC1CCC(c2ccc(C3CCC(C4CCC(c5ccc(F)cc5)CC4)CC3)c(F)c2)CC1. The summed E-state index contributed by atoms with van der Waals surface area (Å²) in [5.41, 5.74) is 3.51. The molecule has 0 nitrogen and oxygen atoms in total. The smallest absolute Gasteiger partial charge is 0.126 e. The largest absolute Gasteiger partial charge is 0.207 e. The van der Waals surface area contributed by atoms with Crippen LogP contribution in [0.5, 0.6) is 0 Å². The highest BCUT2D eigenvalue weighted by Gasteiger charge is 2.32. The fourth-order valence-corrected chi connectivity index (χ4v) is 7.28. The summed E-state index contributed by atoms with van der Waals surface area (Å²) >= 11 is 0. The van der Waals surface area contributed by atoms with Crippen molar-refractivity contribution >= 4 is 0 Å². The van der Waals surface area contributed by atoms with Crippen LogP contribution in [0.1, 0.15) is 118 Å². The molecular weight excluding hydrogens is 410 g/mol. The van der Waals surface area contributed by atoms with Gasteiger partial charge in [-0.3, -0.25) is 0 Å². The van der Waals surface area contributed by atoms with Crippen molar-refractivity contribution in [2.24, 2.45) is 17.8 Å². The molecular formula is C31H40F2. The van der Waals surface area contributed by atoms with Gasteiger partial charge in [-0.15, -0.1) is 0 Å². The normalized spacial score (nSPS) is 33.1. The van der Waals surface area contributed by atoms with Crippen LogP contribution in [0.25, 0.3) is 0 Å². The van der Waals surface area contributed by atoms with Gasteiger partial charge in [0.25, 0.3) is 0 Å². The highest BCUT2D eigenvalue weighted by molar-refractivity contribution is 5.30. The third kappa shape index (κ3) is 5.36. The van der Waals surface area contributed by atoms with E-state index in [4.69, 9.17) is 0 Å². The van der Waals surface area contributed by atoms with Gasteiger partial charge in [-0.05, 0) is 135 Å². The molecule has 0 amide bonds. The zero-order valence-corrected chi connectivity index (χ0v) is 20.2. The zero-order valence-electron chi connectivity index (χ0n) is 20.2. The van der Waals surface area contributed by atoms with Crippen LogP contribution >= 0.6 is 0 Å². The van der Waals surface area contributed by atoms with Crippen LogP contribution in [0, 0.1) is 29.4 Å². The number of hydrogen-bond acceptors (Lipinski definition) is 0. The van der Waals surface area contributed by atoms with Crippen molar-refractivity contribution in [3.05, 3.63) is 70.8 Å². The predicted octanol–water partition coefficient (Wildman–Crippen LogP) is 9.51. The number of hydrogen-bond donors (Lipinski definition) is 0. The van der Waals surface area contributed by atoms with Gasteiger partial charge in [-0.1, -0.05) is 44.0 Å². The van der Waals surface area contributed by atoms with Crippen LogP contribution < -0.4 is 0 Å². The lowest BCUT2D eigenvalue weighted by Crippen LogP contribution is -2.25. The summed E-state index contributed by atoms with van der Waals surface area (Å²) < 4.78 is 28.4. The van der Waals surface area contributed by atoms with Gasteiger partial charge in [0.15, 0.2) is 0 Å². The molecule has 0 aliphatic heterocycles. The van der Waals surface area contributed by atoms with Crippen LogP contribution in [0.2, 0.25) is 0 Å². The summed E-state index contributed by atoms with van der Waals surface area (Å²) in [4.78, 5) is 0. The van der Waals surface area contributed by atoms with Crippen LogP contribution in [0.15, 0.2) is 42.5 Å². The first-order valence-corrected chi connectivity index (χ1v) is 13.6. The molecule has 0 spiro atoms. The van der Waals surface area contributed by atoms with Gasteiger partial charge in [0.05, 0.1) is 0 Å². The monoisotopic (exact) mass is 450 g/mol. The highest BCUT2D eigenvalue weighted by Crippen LogP contribution is 2.46. The summed E-state index contributed by atoms with van der Waals surface area (Å²) in [6.45, 7) is 2.34. The van der Waals surface area contributed by atoms with Crippen molar-refractivity contribution in [3.8, 4) is 0 Å². The molecule has 0 heterocycles. The molecule has 0 saturated heterocycles. The van der Waals surface area contributed by atoms with Gasteiger partial charge in [-0.25, -0.2) is 8.78 Å². The van der Waals surface area contributed by atoms with Gasteiger partial charge in [0.2, 0.25) is 0 Å². The molecule has 0 radical (unpaired) electrons. The molecule has 33 heavy (non-hydrogen) atoms. The van der Waals surface area contributed by atoms with Crippen LogP contribution in [-0.2, 0) is 0 Å². The number of rotatable bonds is 4. The lowest BCUT2D eigenvalue weighted by molar-refractivity contribution is 0.176. The minimum absolute atomic E-state index is 0.0503. The van der Waals surface area contributed by atoms with E-state index in [1.807, 2.05) is 18.2 Å². The predicted molar refractivity (Wildman–Crippen MR) is 133 cm³/mol. The average Bonchev–Trinajstić information content (AvgIpc) is 2.85. The van der Waals surface area contributed by atoms with Gasteiger partial charge >= 0.3 is 0 Å². The Kier molecular flexibility index (Phi) is 7.18. The summed E-state index contributed by atoms with van der Waals surface area (Å²) in [7, 11) is 0. The molecule has 5 rings (SSSR count). The van der Waals surface area contributed by atoms with E-state index in [-0.39, 0.29) is 11.6 Å². The first-order valence-electron chi connectivity index (χ1n) is 13.6. The average molecular weight is 451 g/mol. The number of halogens is 2. The molecule has 3 fully saturated rings. The number of benzene rings is 2. The summed E-state index contributed by atoms with van der Waals surface area (Å²) in [5, 5.41) is 0. The van der Waals surface area contributed by atoms with E-state index in [0.29, 0.717) is 17.8 Å². The van der Waals surface area contributed by atoms with Crippen molar-refractivity contribution in [2.45, 2.75) is 102 Å². The Morgan fingerprint density at radius 1 is 0.545 bits per heavy atom. The fraction of sp³-hybridized carbons (Fsp3) is 0.613. The van der Waals surface area contributed by atoms with Gasteiger partial charge in [0.1, 0.15) is 11.6 Å². The maximum Gasteiger partial charge on any atom is 0.126 e. The van der Waals surface area contributed by atoms with Crippen LogP contribution in [-0.4, -0.2) is 0 Å². The molecule has 0 atom stereocenters. The van der Waals surface area contributed by atoms with E-state index >= 15 is 4.39 Å². The zero-order chi connectivity index (χ0) is 22.8. The lowest BCUT2D eigenvalue weighted by Gasteiger charge is -2.38. The molecule has 178 valence electrons. The Morgan fingerprint density at radius 3 is 1.61 bits per heavy atom. The molecule has 3 aliphatic carbocycles. The minimum atomic E-state index is -0.140. The van der Waals surface area contributed by atoms with Gasteiger partial charge < -0.3 is 0 Å². The maximum absolute atomic E-state index is 15.1. The van der Waals surface area contributed by atoms with Gasteiger partial charge in [0, 0.05) is 0 Å². The van der Waals surface area contributed by atoms with Crippen molar-refractivity contribution < 1.29 is 8.78 Å². The van der Waals surface area contributed by atoms with E-state index in [2.05, 4.69) is 19.1 Å². The lowest BCUT2D eigenvalue weighted by atomic mass is 9.67. The standard InChI is InChI=1S/C31H40F2/c1-21-2-4-26(5-3-21)28-16-19-30(31(33)20-28)27-12-10-24(11-13-27)22-6-8-23(9-7-22)25-14-17-29(32)18-15-25/h14-24,26-27H,2-13H2,1H3. The second-order valence-corrected chi connectivity index (χ2v) is 11.5. The quantitative estimate of drug-likeness (QED) is 0.435. The third-order valence-electron chi connectivity index (χ3n) is 9.50. The molecule has 0 bridgehead atoms. The molecule has 0 aromatic heterocycles. The molecule has 2 aromatic carbocycles. The fourth-order valence-electron chi connectivity index (χ4n) is 7.28. The summed E-state index contributed by atoms with van der Waals surface area (Å²) in [5.74, 6) is 3.93. The van der Waals surface area contributed by atoms with Crippen LogP contribution in [0.4, 0.5) is 8.78 Å². The first kappa shape index (κ1) is 23.1. The molecule has 0 N–H and O–H groups in total. The Morgan fingerprint density at radius 2 is 1.03 bits per heavy atom. The Bertz CT molecular complexity index is 893. The van der Waals surface area contributed by atoms with Crippen molar-refractivity contribution in [1.29, 1.82) is 0 Å². The second-order valence-electron chi connectivity index (χ2n) is 11.5. The molecule has 3 saturated carbocycles. The molecule has 0 unspecified atom stereocenters. The van der Waals surface area contributed by atoms with Crippen molar-refractivity contribution in [2.75, 3.05) is 0 Å². The summed E-state index contributed by atoms with van der Waals surface area (Å²) in [6.07, 6.45) is 14.8. The van der Waals surface area contributed by atoms with Crippen molar-refractivity contribution in [1.82, 2.24) is 0 Å². The van der Waals surface area contributed by atoms with E-state index in [1.165, 1.54) is 75.3 Å². The molecule has 2 aromatic rings. The topological polar surface area (TPSA) is 0 Å². The summed E-state index contributed by atoms with van der Waals surface area (Å²) in [6, 6.07) is 13.4. The third-order valence-corrected chi connectivity index (χ3v) is 9.50. The Hall–Kier alpha value is -1.70.